The predicted octanol–water partition coefficient (Wildman–Crippen LogP) is 3.45. The van der Waals surface area contributed by atoms with Gasteiger partial charge < -0.3 is 4.74 Å². The number of aryl methyl sites for hydroxylation is 1. The molecule has 1 heterocycles. The van der Waals surface area contributed by atoms with Crippen LogP contribution >= 0.6 is 0 Å². The van der Waals surface area contributed by atoms with Gasteiger partial charge in [-0.15, -0.1) is 0 Å². The number of hydrogen-bond donors (Lipinski definition) is 1. The van der Waals surface area contributed by atoms with Crippen LogP contribution in [-0.2, 0) is 22.4 Å². The maximum Gasteiger partial charge on any atom is 0.323 e. The lowest BCUT2D eigenvalue weighted by Gasteiger charge is -2.31. The summed E-state index contributed by atoms with van der Waals surface area (Å²) in [6.07, 6.45) is 4.22. The molecule has 1 aliphatic heterocycles. The standard InChI is InChI=1S/C21H30N2O4/c1-5-27-20(24)18-16(21(2,3)4)19(23(25)26)17(22-18)15-12-8-10-13-9-6-7-11-14(13)15/h8,10,12,16-19,22H,5-7,9,11H2,1-4H3/t16-,17+,18+,19+/m1/s1. The van der Waals surface area contributed by atoms with E-state index in [1.807, 2.05) is 32.9 Å². The van der Waals surface area contributed by atoms with E-state index >= 15 is 0 Å². The lowest BCUT2D eigenvalue weighted by Crippen LogP contribution is -2.45. The topological polar surface area (TPSA) is 81.5 Å². The second kappa shape index (κ2) is 7.58. The quantitative estimate of drug-likeness (QED) is 0.496. The lowest BCUT2D eigenvalue weighted by atomic mass is 9.72. The SMILES string of the molecule is CCOC(=O)[C@H]1N[C@@H](c2cccc3c2CCCC3)[C@@H]([N+](=O)[O-])[C@@H]1C(C)(C)C. The minimum absolute atomic E-state index is 0.199. The van der Waals surface area contributed by atoms with Crippen LogP contribution in [-0.4, -0.2) is 29.6 Å². The van der Waals surface area contributed by atoms with Crippen molar-refractivity contribution in [1.29, 1.82) is 0 Å². The van der Waals surface area contributed by atoms with Gasteiger partial charge in [-0.1, -0.05) is 39.0 Å². The van der Waals surface area contributed by atoms with Gasteiger partial charge in [0.25, 0.3) is 0 Å². The average Bonchev–Trinajstić information content (AvgIpc) is 3.02. The van der Waals surface area contributed by atoms with Crippen LogP contribution < -0.4 is 5.32 Å². The Kier molecular flexibility index (Phi) is 5.56. The highest BCUT2D eigenvalue weighted by molar-refractivity contribution is 5.77. The smallest absolute Gasteiger partial charge is 0.323 e. The molecule has 1 aromatic rings. The summed E-state index contributed by atoms with van der Waals surface area (Å²) in [5.41, 5.74) is 3.08. The van der Waals surface area contributed by atoms with E-state index in [1.165, 1.54) is 11.1 Å². The van der Waals surface area contributed by atoms with Crippen LogP contribution in [0.5, 0.6) is 0 Å². The molecule has 0 amide bonds. The molecule has 148 valence electrons. The number of ether oxygens (including phenoxy) is 1. The number of carbonyl (C=O) groups is 1. The van der Waals surface area contributed by atoms with E-state index < -0.39 is 35.4 Å². The molecule has 6 heteroatoms. The molecule has 1 aliphatic carbocycles. The first-order valence-corrected chi connectivity index (χ1v) is 9.92. The number of fused-ring (bicyclic) bond motifs is 1. The van der Waals surface area contributed by atoms with Gasteiger partial charge in [-0.25, -0.2) is 0 Å². The molecule has 6 nitrogen and oxygen atoms in total. The van der Waals surface area contributed by atoms with Gasteiger partial charge >= 0.3 is 5.97 Å². The van der Waals surface area contributed by atoms with Crippen LogP contribution in [0, 0.1) is 21.4 Å². The molecule has 2 aliphatic rings. The van der Waals surface area contributed by atoms with Gasteiger partial charge in [0.2, 0.25) is 6.04 Å². The van der Waals surface area contributed by atoms with Gasteiger partial charge in [-0.2, -0.15) is 0 Å². The molecular formula is C21H30N2O4. The molecule has 0 spiro atoms. The Balaban J connectivity index is 2.07. The van der Waals surface area contributed by atoms with E-state index in [0.29, 0.717) is 0 Å². The van der Waals surface area contributed by atoms with Crippen molar-refractivity contribution in [3.63, 3.8) is 0 Å². The van der Waals surface area contributed by atoms with Crippen LogP contribution in [0.25, 0.3) is 0 Å². The van der Waals surface area contributed by atoms with Crippen molar-refractivity contribution in [3.8, 4) is 0 Å². The zero-order valence-electron chi connectivity index (χ0n) is 16.7. The monoisotopic (exact) mass is 374 g/mol. The summed E-state index contributed by atoms with van der Waals surface area (Å²) in [7, 11) is 0. The Bertz CT molecular complexity index is 725. The maximum atomic E-state index is 12.6. The summed E-state index contributed by atoms with van der Waals surface area (Å²) in [6.45, 7) is 7.91. The van der Waals surface area contributed by atoms with E-state index in [1.54, 1.807) is 6.92 Å². The molecule has 3 rings (SSSR count). The number of nitrogens with one attached hydrogen (secondary N) is 1. The van der Waals surface area contributed by atoms with Gasteiger partial charge in [0, 0.05) is 4.92 Å². The minimum Gasteiger partial charge on any atom is -0.465 e. The van der Waals surface area contributed by atoms with Gasteiger partial charge in [-0.3, -0.25) is 20.2 Å². The van der Waals surface area contributed by atoms with E-state index in [2.05, 4.69) is 11.4 Å². The first-order chi connectivity index (χ1) is 12.8. The van der Waals surface area contributed by atoms with Crippen LogP contribution in [0.15, 0.2) is 18.2 Å². The largest absolute Gasteiger partial charge is 0.465 e. The van der Waals surface area contributed by atoms with Crippen molar-refractivity contribution in [1.82, 2.24) is 5.32 Å². The molecular weight excluding hydrogens is 344 g/mol. The first-order valence-electron chi connectivity index (χ1n) is 9.92. The second-order valence-corrected chi connectivity index (χ2v) is 8.73. The molecule has 4 atom stereocenters. The van der Waals surface area contributed by atoms with Crippen LogP contribution in [0.1, 0.15) is 63.3 Å². The molecule has 0 aromatic heterocycles. The van der Waals surface area contributed by atoms with Gasteiger partial charge in [-0.05, 0) is 54.7 Å². The third kappa shape index (κ3) is 3.72. The Labute approximate surface area is 160 Å². The fraction of sp³-hybridized carbons (Fsp3) is 0.667. The highest BCUT2D eigenvalue weighted by atomic mass is 16.6. The van der Waals surface area contributed by atoms with Crippen molar-refractivity contribution >= 4 is 5.97 Å². The van der Waals surface area contributed by atoms with Crippen LogP contribution in [0.4, 0.5) is 0 Å². The van der Waals surface area contributed by atoms with Crippen molar-refractivity contribution in [2.45, 2.75) is 71.5 Å². The molecule has 1 N–H and O–H groups in total. The third-order valence-corrected chi connectivity index (χ3v) is 5.98. The molecule has 27 heavy (non-hydrogen) atoms. The molecule has 0 radical (unpaired) electrons. The number of nitrogens with zero attached hydrogens (tertiary/aromatic N) is 1. The maximum absolute atomic E-state index is 12.6. The van der Waals surface area contributed by atoms with Crippen molar-refractivity contribution in [2.24, 2.45) is 11.3 Å². The Morgan fingerprint density at radius 1 is 1.30 bits per heavy atom. The number of rotatable bonds is 4. The van der Waals surface area contributed by atoms with E-state index in [9.17, 15) is 14.9 Å². The number of nitro groups is 1. The van der Waals surface area contributed by atoms with Crippen molar-refractivity contribution < 1.29 is 14.5 Å². The fourth-order valence-corrected chi connectivity index (χ4v) is 4.89. The Hall–Kier alpha value is -1.95. The normalized spacial score (nSPS) is 27.9. The summed E-state index contributed by atoms with van der Waals surface area (Å²) < 4.78 is 5.25. The zero-order chi connectivity index (χ0) is 19.8. The number of benzene rings is 1. The fourth-order valence-electron chi connectivity index (χ4n) is 4.89. The summed E-state index contributed by atoms with van der Waals surface area (Å²) in [6, 6.07) is 4.08. The summed E-state index contributed by atoms with van der Waals surface area (Å²) >= 11 is 0. The summed E-state index contributed by atoms with van der Waals surface area (Å²) in [5.74, 6) is -0.840. The molecule has 1 fully saturated rings. The summed E-state index contributed by atoms with van der Waals surface area (Å²) in [4.78, 5) is 24.6. The first kappa shape index (κ1) is 19.8. The summed E-state index contributed by atoms with van der Waals surface area (Å²) in [5, 5.41) is 15.5. The average molecular weight is 374 g/mol. The van der Waals surface area contributed by atoms with E-state index in [-0.39, 0.29) is 11.5 Å². The number of hydrogen-bond acceptors (Lipinski definition) is 5. The predicted molar refractivity (Wildman–Crippen MR) is 103 cm³/mol. The zero-order valence-corrected chi connectivity index (χ0v) is 16.7. The van der Waals surface area contributed by atoms with E-state index in [4.69, 9.17) is 4.74 Å². The molecule has 0 unspecified atom stereocenters. The van der Waals surface area contributed by atoms with E-state index in [0.717, 1.165) is 31.2 Å². The highest BCUT2D eigenvalue weighted by Gasteiger charge is 2.58. The van der Waals surface area contributed by atoms with Crippen molar-refractivity contribution in [3.05, 3.63) is 45.0 Å². The van der Waals surface area contributed by atoms with Gasteiger partial charge in [0.05, 0.1) is 12.5 Å². The number of esters is 1. The molecule has 1 aromatic carbocycles. The molecule has 0 bridgehead atoms. The molecule has 0 saturated carbocycles. The Morgan fingerprint density at radius 3 is 2.63 bits per heavy atom. The third-order valence-electron chi connectivity index (χ3n) is 5.98. The lowest BCUT2D eigenvalue weighted by molar-refractivity contribution is -0.535. The Morgan fingerprint density at radius 2 is 2.00 bits per heavy atom. The van der Waals surface area contributed by atoms with Gasteiger partial charge in [0.15, 0.2) is 0 Å². The second-order valence-electron chi connectivity index (χ2n) is 8.73. The van der Waals surface area contributed by atoms with Crippen LogP contribution in [0.3, 0.4) is 0 Å². The van der Waals surface area contributed by atoms with Crippen LogP contribution in [0.2, 0.25) is 0 Å². The molecule has 1 saturated heterocycles. The van der Waals surface area contributed by atoms with Gasteiger partial charge in [0.1, 0.15) is 12.1 Å². The minimum atomic E-state index is -0.868. The number of carbonyl (C=O) groups excluding carboxylic acids is 1. The van der Waals surface area contributed by atoms with Crippen molar-refractivity contribution in [2.75, 3.05) is 6.61 Å². The highest BCUT2D eigenvalue weighted by Crippen LogP contribution is 2.45.